The largest absolute Gasteiger partial charge is 0.229 e. The van der Waals surface area contributed by atoms with Crippen molar-refractivity contribution in [2.75, 3.05) is 23.3 Å². The van der Waals surface area contributed by atoms with Crippen molar-refractivity contribution in [2.24, 2.45) is 0 Å². The molecule has 6 heteroatoms. The molecular formula is C13H17BrCl2O2S. The third-order valence-corrected chi connectivity index (χ3v) is 6.56. The fraction of sp³-hybridized carbons (Fsp3) is 0.538. The number of hydrogen-bond donors (Lipinski definition) is 0. The molecule has 0 spiro atoms. The topological polar surface area (TPSA) is 34.1 Å². The van der Waals surface area contributed by atoms with E-state index in [1.54, 1.807) is 6.92 Å². The number of alkyl halides is 2. The summed E-state index contributed by atoms with van der Waals surface area (Å²) in [4.78, 5) is 0. The number of hydrogen-bond acceptors (Lipinski definition) is 2. The predicted molar refractivity (Wildman–Crippen MR) is 86.2 cm³/mol. The zero-order valence-corrected chi connectivity index (χ0v) is 14.6. The molecule has 0 aliphatic heterocycles. The Balaban J connectivity index is 3.00. The molecule has 19 heavy (non-hydrogen) atoms. The first-order chi connectivity index (χ1) is 8.89. The highest BCUT2D eigenvalue weighted by molar-refractivity contribution is 9.10. The Morgan fingerprint density at radius 2 is 1.68 bits per heavy atom. The van der Waals surface area contributed by atoms with Crippen LogP contribution in [-0.4, -0.2) is 31.7 Å². The second kappa shape index (κ2) is 7.30. The molecule has 0 unspecified atom stereocenters. The van der Waals surface area contributed by atoms with Crippen molar-refractivity contribution in [1.29, 1.82) is 0 Å². The third-order valence-electron chi connectivity index (χ3n) is 3.30. The molecule has 108 valence electrons. The number of rotatable bonds is 7. The van der Waals surface area contributed by atoms with Crippen LogP contribution in [0.2, 0.25) is 0 Å². The molecule has 0 aromatic heterocycles. The lowest BCUT2D eigenvalue weighted by Crippen LogP contribution is -2.33. The molecule has 0 saturated carbocycles. The van der Waals surface area contributed by atoms with Crippen molar-refractivity contribution in [3.63, 3.8) is 0 Å². The molecule has 0 atom stereocenters. The van der Waals surface area contributed by atoms with Gasteiger partial charge in [0.1, 0.15) is 9.84 Å². The van der Waals surface area contributed by atoms with Crippen LogP contribution in [0.5, 0.6) is 0 Å². The average Bonchev–Trinajstić information content (AvgIpc) is 2.42. The lowest BCUT2D eigenvalue weighted by atomic mass is 9.82. The van der Waals surface area contributed by atoms with Crippen molar-refractivity contribution in [2.45, 2.75) is 18.8 Å². The molecule has 0 radical (unpaired) electrons. The summed E-state index contributed by atoms with van der Waals surface area (Å²) in [6.07, 6.45) is 0.442. The molecule has 0 aliphatic rings. The first-order valence-corrected chi connectivity index (χ1v) is 9.66. The second-order valence-corrected chi connectivity index (χ2v) is 8.46. The molecule has 0 fully saturated rings. The highest BCUT2D eigenvalue weighted by atomic mass is 79.9. The summed E-state index contributed by atoms with van der Waals surface area (Å²) in [5.74, 6) is 0.863. The molecule has 2 nitrogen and oxygen atoms in total. The number of halogens is 3. The molecule has 0 aliphatic carbocycles. The minimum absolute atomic E-state index is 0.110. The zero-order valence-electron chi connectivity index (χ0n) is 10.7. The van der Waals surface area contributed by atoms with E-state index in [-0.39, 0.29) is 11.5 Å². The summed E-state index contributed by atoms with van der Waals surface area (Å²) in [5, 5.41) is 0. The minimum atomic E-state index is -3.02. The molecule has 0 heterocycles. The predicted octanol–water partition coefficient (Wildman–Crippen LogP) is 3.99. The molecule has 0 saturated heterocycles. The van der Waals surface area contributed by atoms with Gasteiger partial charge in [0.2, 0.25) is 0 Å². The summed E-state index contributed by atoms with van der Waals surface area (Å²) < 4.78 is 24.3. The van der Waals surface area contributed by atoms with Gasteiger partial charge in [-0.15, -0.1) is 23.2 Å². The lowest BCUT2D eigenvalue weighted by molar-refractivity contribution is 0.511. The maximum absolute atomic E-state index is 11.7. The normalized spacial score (nSPS) is 12.6. The van der Waals surface area contributed by atoms with Crippen molar-refractivity contribution >= 4 is 49.0 Å². The van der Waals surface area contributed by atoms with Gasteiger partial charge in [0, 0.05) is 27.4 Å². The van der Waals surface area contributed by atoms with Gasteiger partial charge in [-0.2, -0.15) is 0 Å². The molecule has 0 amide bonds. The van der Waals surface area contributed by atoms with E-state index in [4.69, 9.17) is 23.2 Å². The van der Waals surface area contributed by atoms with E-state index in [0.717, 1.165) is 10.0 Å². The Bertz CT molecular complexity index is 496. The number of benzene rings is 1. The molecule has 0 bridgehead atoms. The van der Waals surface area contributed by atoms with Gasteiger partial charge < -0.3 is 0 Å². The van der Waals surface area contributed by atoms with Crippen molar-refractivity contribution < 1.29 is 8.42 Å². The SMILES string of the molecule is CCS(=O)(=O)CCC(CCl)(CCl)c1ccc(Br)cc1. The highest BCUT2D eigenvalue weighted by Gasteiger charge is 2.32. The standard InChI is InChI=1S/C13H17BrCl2O2S/c1-2-19(17,18)8-7-13(9-15,10-16)11-3-5-12(14)6-4-11/h3-6H,2,7-10H2,1H3. The van der Waals surface area contributed by atoms with E-state index in [0.29, 0.717) is 18.2 Å². The first kappa shape index (κ1) is 17.3. The molecule has 1 aromatic carbocycles. The maximum Gasteiger partial charge on any atom is 0.150 e. The Morgan fingerprint density at radius 3 is 2.11 bits per heavy atom. The van der Waals surface area contributed by atoms with Crippen LogP contribution in [0, 0.1) is 0 Å². The van der Waals surface area contributed by atoms with Crippen LogP contribution in [-0.2, 0) is 15.3 Å². The summed E-state index contributed by atoms with van der Waals surface area (Å²) in [7, 11) is -3.02. The van der Waals surface area contributed by atoms with Crippen molar-refractivity contribution in [3.05, 3.63) is 34.3 Å². The van der Waals surface area contributed by atoms with Gasteiger partial charge in [-0.3, -0.25) is 0 Å². The maximum atomic E-state index is 11.7. The summed E-state index contributed by atoms with van der Waals surface area (Å²) in [6, 6.07) is 7.70. The summed E-state index contributed by atoms with van der Waals surface area (Å²) in [6.45, 7) is 1.65. The van der Waals surface area contributed by atoms with Crippen LogP contribution in [0.3, 0.4) is 0 Å². The van der Waals surface area contributed by atoms with Crippen LogP contribution in [0.25, 0.3) is 0 Å². The molecular weight excluding hydrogens is 371 g/mol. The third kappa shape index (κ3) is 4.62. The van der Waals surface area contributed by atoms with Gasteiger partial charge in [0.25, 0.3) is 0 Å². The van der Waals surface area contributed by atoms with Crippen LogP contribution < -0.4 is 0 Å². The average molecular weight is 388 g/mol. The Morgan fingerprint density at radius 1 is 1.16 bits per heavy atom. The highest BCUT2D eigenvalue weighted by Crippen LogP contribution is 2.32. The van der Waals surface area contributed by atoms with Gasteiger partial charge in [0.05, 0.1) is 5.75 Å². The summed E-state index contributed by atoms with van der Waals surface area (Å²) >= 11 is 15.5. The quantitative estimate of drug-likeness (QED) is 0.663. The van der Waals surface area contributed by atoms with E-state index in [9.17, 15) is 8.42 Å². The van der Waals surface area contributed by atoms with E-state index < -0.39 is 15.3 Å². The van der Waals surface area contributed by atoms with Crippen molar-refractivity contribution in [1.82, 2.24) is 0 Å². The Labute approximate surface area is 133 Å². The van der Waals surface area contributed by atoms with Crippen LogP contribution >= 0.6 is 39.1 Å². The Hall–Kier alpha value is 0.230. The zero-order chi connectivity index (χ0) is 14.5. The van der Waals surface area contributed by atoms with Gasteiger partial charge in [-0.05, 0) is 24.1 Å². The van der Waals surface area contributed by atoms with E-state index in [1.165, 1.54) is 0 Å². The summed E-state index contributed by atoms with van der Waals surface area (Å²) in [5.41, 5.74) is 0.485. The fourth-order valence-corrected chi connectivity index (χ4v) is 3.88. The van der Waals surface area contributed by atoms with Crippen LogP contribution in [0.4, 0.5) is 0 Å². The van der Waals surface area contributed by atoms with Gasteiger partial charge in [-0.25, -0.2) is 8.42 Å². The molecule has 0 N–H and O–H groups in total. The number of sulfone groups is 1. The molecule has 1 aromatic rings. The lowest BCUT2D eigenvalue weighted by Gasteiger charge is -2.30. The second-order valence-electron chi connectivity index (χ2n) is 4.54. The van der Waals surface area contributed by atoms with Gasteiger partial charge in [-0.1, -0.05) is 35.0 Å². The van der Waals surface area contributed by atoms with Gasteiger partial charge >= 0.3 is 0 Å². The fourth-order valence-electron chi connectivity index (χ4n) is 1.77. The molecule has 1 rings (SSSR count). The smallest absolute Gasteiger partial charge is 0.150 e. The van der Waals surface area contributed by atoms with E-state index in [1.807, 2.05) is 24.3 Å². The van der Waals surface area contributed by atoms with Gasteiger partial charge in [0.15, 0.2) is 0 Å². The van der Waals surface area contributed by atoms with Crippen LogP contribution in [0.1, 0.15) is 18.9 Å². The monoisotopic (exact) mass is 386 g/mol. The Kier molecular flexibility index (Phi) is 6.64. The van der Waals surface area contributed by atoms with E-state index in [2.05, 4.69) is 15.9 Å². The first-order valence-electron chi connectivity index (χ1n) is 5.97. The van der Waals surface area contributed by atoms with E-state index >= 15 is 0 Å². The van der Waals surface area contributed by atoms with Crippen LogP contribution in [0.15, 0.2) is 28.7 Å². The minimum Gasteiger partial charge on any atom is -0.229 e. The van der Waals surface area contributed by atoms with Crippen molar-refractivity contribution in [3.8, 4) is 0 Å².